The van der Waals surface area contributed by atoms with Gasteiger partial charge in [0.1, 0.15) is 0 Å². The molecule has 2 aromatic rings. The van der Waals surface area contributed by atoms with Crippen molar-refractivity contribution in [3.63, 3.8) is 0 Å². The number of benzene rings is 1. The molecule has 0 atom stereocenters. The first-order valence-corrected chi connectivity index (χ1v) is 7.16. The normalized spacial score (nSPS) is 17.5. The summed E-state index contributed by atoms with van der Waals surface area (Å²) >= 11 is 0. The number of aliphatic hydroxyl groups is 1. The minimum Gasteiger partial charge on any atom is -0.396 e. The summed E-state index contributed by atoms with van der Waals surface area (Å²) in [5, 5.41) is 11.6. The van der Waals surface area contributed by atoms with Gasteiger partial charge in [-0.3, -0.25) is 4.98 Å². The van der Waals surface area contributed by atoms with Crippen LogP contribution in [0.4, 0.5) is 11.4 Å². The number of hydrogen-bond donors (Lipinski definition) is 2. The number of rotatable bonds is 3. The average Bonchev–Trinajstić information content (AvgIpc) is 2.84. The average molecular weight is 271 g/mol. The van der Waals surface area contributed by atoms with Crippen LogP contribution in [-0.2, 0) is 0 Å². The van der Waals surface area contributed by atoms with E-state index in [0.29, 0.717) is 12.2 Å². The van der Waals surface area contributed by atoms with E-state index >= 15 is 0 Å². The first-order chi connectivity index (χ1) is 9.59. The van der Waals surface area contributed by atoms with Gasteiger partial charge >= 0.3 is 0 Å². The summed E-state index contributed by atoms with van der Waals surface area (Å²) in [6.07, 6.45) is 5.67. The predicted octanol–water partition coefficient (Wildman–Crippen LogP) is 2.56. The number of pyridine rings is 1. The summed E-state index contributed by atoms with van der Waals surface area (Å²) in [6, 6.07) is 7.98. The first-order valence-electron chi connectivity index (χ1n) is 7.16. The van der Waals surface area contributed by atoms with Crippen molar-refractivity contribution in [1.29, 1.82) is 0 Å². The number of para-hydroxylation sites is 1. The number of hydrogen-bond acceptors (Lipinski definition) is 4. The van der Waals surface area contributed by atoms with E-state index in [2.05, 4.69) is 9.88 Å². The van der Waals surface area contributed by atoms with E-state index in [-0.39, 0.29) is 0 Å². The van der Waals surface area contributed by atoms with Gasteiger partial charge in [0.2, 0.25) is 0 Å². The Balaban J connectivity index is 1.98. The fourth-order valence-corrected chi connectivity index (χ4v) is 3.28. The monoisotopic (exact) mass is 271 g/mol. The van der Waals surface area contributed by atoms with Crippen LogP contribution in [0.15, 0.2) is 30.5 Å². The lowest BCUT2D eigenvalue weighted by Gasteiger charge is -2.31. The maximum atomic E-state index is 10.6. The quantitative estimate of drug-likeness (QED) is 0.900. The van der Waals surface area contributed by atoms with Crippen molar-refractivity contribution < 1.29 is 5.11 Å². The Hall–Kier alpha value is -1.81. The molecule has 4 nitrogen and oxygen atoms in total. The molecule has 1 aromatic heterocycles. The number of nitrogens with zero attached hydrogens (tertiary/aromatic N) is 2. The summed E-state index contributed by atoms with van der Waals surface area (Å²) in [7, 11) is 1.99. The topological polar surface area (TPSA) is 62.4 Å². The molecule has 4 heteroatoms. The molecule has 3 rings (SSSR count). The largest absolute Gasteiger partial charge is 0.396 e. The maximum absolute atomic E-state index is 10.6. The molecule has 0 spiro atoms. The Bertz CT molecular complexity index is 620. The van der Waals surface area contributed by atoms with Crippen LogP contribution in [0.5, 0.6) is 0 Å². The van der Waals surface area contributed by atoms with Crippen molar-refractivity contribution in [2.45, 2.75) is 31.3 Å². The molecule has 1 aromatic carbocycles. The molecule has 20 heavy (non-hydrogen) atoms. The third-order valence-electron chi connectivity index (χ3n) is 4.22. The highest BCUT2D eigenvalue weighted by atomic mass is 16.3. The lowest BCUT2D eigenvalue weighted by molar-refractivity contribution is 0.0560. The van der Waals surface area contributed by atoms with Crippen LogP contribution in [0, 0.1) is 0 Å². The summed E-state index contributed by atoms with van der Waals surface area (Å²) in [5.41, 5.74) is 8.10. The molecular formula is C16H21N3O. The minimum atomic E-state index is -0.578. The van der Waals surface area contributed by atoms with Crippen molar-refractivity contribution in [3.8, 4) is 0 Å². The summed E-state index contributed by atoms with van der Waals surface area (Å²) < 4.78 is 0. The van der Waals surface area contributed by atoms with Crippen molar-refractivity contribution in [2.24, 2.45) is 0 Å². The molecule has 0 unspecified atom stereocenters. The molecule has 0 bridgehead atoms. The fourth-order valence-electron chi connectivity index (χ4n) is 3.28. The van der Waals surface area contributed by atoms with Gasteiger partial charge in [-0.1, -0.05) is 31.0 Å². The fraction of sp³-hybridized carbons (Fsp3) is 0.438. The molecule has 1 aliphatic carbocycles. The zero-order chi connectivity index (χ0) is 14.2. The number of nitrogen functional groups attached to an aromatic ring is 1. The van der Waals surface area contributed by atoms with E-state index in [1.54, 1.807) is 6.20 Å². The minimum absolute atomic E-state index is 0.578. The lowest BCUT2D eigenvalue weighted by Crippen LogP contribution is -2.39. The molecule has 3 N–H and O–H groups in total. The van der Waals surface area contributed by atoms with Crippen molar-refractivity contribution in [3.05, 3.63) is 30.5 Å². The van der Waals surface area contributed by atoms with Gasteiger partial charge in [-0.2, -0.15) is 0 Å². The van der Waals surface area contributed by atoms with Gasteiger partial charge < -0.3 is 15.7 Å². The Morgan fingerprint density at radius 3 is 2.75 bits per heavy atom. The van der Waals surface area contributed by atoms with Gasteiger partial charge in [0.05, 0.1) is 28.7 Å². The number of fused-ring (bicyclic) bond motifs is 1. The van der Waals surface area contributed by atoms with Gasteiger partial charge in [-0.15, -0.1) is 0 Å². The van der Waals surface area contributed by atoms with E-state index in [9.17, 15) is 5.11 Å². The van der Waals surface area contributed by atoms with Crippen LogP contribution in [0.3, 0.4) is 0 Å². The molecule has 0 saturated heterocycles. The highest BCUT2D eigenvalue weighted by Gasteiger charge is 2.32. The molecule has 1 heterocycles. The highest BCUT2D eigenvalue weighted by molar-refractivity contribution is 5.97. The van der Waals surface area contributed by atoms with Crippen molar-refractivity contribution >= 4 is 22.3 Å². The van der Waals surface area contributed by atoms with Crippen molar-refractivity contribution in [1.82, 2.24) is 4.98 Å². The molecule has 0 amide bonds. The van der Waals surface area contributed by atoms with Crippen LogP contribution >= 0.6 is 0 Å². The molecule has 1 fully saturated rings. The molecule has 1 aliphatic rings. The molecule has 0 aliphatic heterocycles. The van der Waals surface area contributed by atoms with Gasteiger partial charge in [0, 0.05) is 19.0 Å². The Labute approximate surface area is 119 Å². The molecule has 0 radical (unpaired) electrons. The maximum Gasteiger partial charge on any atom is 0.0821 e. The number of anilines is 2. The van der Waals surface area contributed by atoms with Gasteiger partial charge in [-0.25, -0.2) is 0 Å². The van der Waals surface area contributed by atoms with Crippen LogP contribution in [-0.4, -0.2) is 29.3 Å². The Kier molecular flexibility index (Phi) is 3.26. The van der Waals surface area contributed by atoms with E-state index in [1.807, 2.05) is 31.3 Å². The van der Waals surface area contributed by atoms with Gasteiger partial charge in [0.25, 0.3) is 0 Å². The SMILES string of the molecule is CN(CC1(O)CCCC1)c1c(N)cnc2ccccc12. The zero-order valence-electron chi connectivity index (χ0n) is 11.8. The van der Waals surface area contributed by atoms with Crippen LogP contribution in [0.25, 0.3) is 10.9 Å². The van der Waals surface area contributed by atoms with E-state index in [0.717, 1.165) is 42.3 Å². The zero-order valence-corrected chi connectivity index (χ0v) is 11.8. The third-order valence-corrected chi connectivity index (χ3v) is 4.22. The second-order valence-electron chi connectivity index (χ2n) is 5.87. The standard InChI is InChI=1S/C16H21N3O/c1-19(11-16(20)8-4-5-9-16)15-12-6-2-3-7-14(12)18-10-13(15)17/h2-3,6-7,10,20H,4-5,8-9,11,17H2,1H3. The number of aromatic nitrogens is 1. The number of nitrogens with two attached hydrogens (primary N) is 1. The van der Waals surface area contributed by atoms with Crippen LogP contribution in [0.2, 0.25) is 0 Å². The van der Waals surface area contributed by atoms with Crippen LogP contribution in [0.1, 0.15) is 25.7 Å². The molecule has 1 saturated carbocycles. The molecule has 106 valence electrons. The third kappa shape index (κ3) is 2.31. The summed E-state index contributed by atoms with van der Waals surface area (Å²) in [4.78, 5) is 6.43. The van der Waals surface area contributed by atoms with Crippen molar-refractivity contribution in [2.75, 3.05) is 24.2 Å². The number of likely N-dealkylation sites (N-methyl/N-ethyl adjacent to an activating group) is 1. The van der Waals surface area contributed by atoms with Gasteiger partial charge in [0.15, 0.2) is 0 Å². The molecular weight excluding hydrogens is 250 g/mol. The Morgan fingerprint density at radius 1 is 1.30 bits per heavy atom. The van der Waals surface area contributed by atoms with Gasteiger partial charge in [-0.05, 0) is 18.9 Å². The lowest BCUT2D eigenvalue weighted by atomic mass is 10.0. The summed E-state index contributed by atoms with van der Waals surface area (Å²) in [6.45, 7) is 0.616. The van der Waals surface area contributed by atoms with E-state index < -0.39 is 5.60 Å². The van der Waals surface area contributed by atoms with E-state index in [4.69, 9.17) is 5.73 Å². The second kappa shape index (κ2) is 4.94. The predicted molar refractivity (Wildman–Crippen MR) is 82.8 cm³/mol. The second-order valence-corrected chi connectivity index (χ2v) is 5.87. The smallest absolute Gasteiger partial charge is 0.0821 e. The first kappa shape index (κ1) is 13.2. The highest BCUT2D eigenvalue weighted by Crippen LogP contribution is 2.35. The van der Waals surface area contributed by atoms with E-state index in [1.165, 1.54) is 0 Å². The Morgan fingerprint density at radius 2 is 2.00 bits per heavy atom. The summed E-state index contributed by atoms with van der Waals surface area (Å²) in [5.74, 6) is 0. The van der Waals surface area contributed by atoms with Crippen LogP contribution < -0.4 is 10.6 Å².